The van der Waals surface area contributed by atoms with Gasteiger partial charge in [-0.1, -0.05) is 12.1 Å². The standard InChI is InChI=1S/C22H19F2N5/c23-18-7-6-16(18)17(22-19(24)5-2-10-26-22)13-27-21-9-8-20(28-29-21)15-4-1-3-14(11-15)12-25/h1-5,8-11,16-18H,6-7,13H2,(H,27,29)/t16?,17-,18-/m0/s1. The molecule has 2 aromatic heterocycles. The van der Waals surface area contributed by atoms with Crippen molar-refractivity contribution in [3.8, 4) is 17.3 Å². The van der Waals surface area contributed by atoms with Crippen LogP contribution in [-0.4, -0.2) is 27.9 Å². The van der Waals surface area contributed by atoms with Gasteiger partial charge in [0.1, 0.15) is 17.8 Å². The van der Waals surface area contributed by atoms with Gasteiger partial charge in [0.25, 0.3) is 0 Å². The number of halogens is 2. The average Bonchev–Trinajstić information content (AvgIpc) is 2.76. The van der Waals surface area contributed by atoms with Crippen LogP contribution in [0.1, 0.15) is 30.0 Å². The molecule has 0 spiro atoms. The smallest absolute Gasteiger partial charge is 0.148 e. The van der Waals surface area contributed by atoms with Crippen LogP contribution in [0.3, 0.4) is 0 Å². The zero-order valence-electron chi connectivity index (χ0n) is 15.6. The maximum absolute atomic E-state index is 14.3. The van der Waals surface area contributed by atoms with Crippen molar-refractivity contribution >= 4 is 5.82 Å². The highest BCUT2D eigenvalue weighted by molar-refractivity contribution is 5.61. The first-order valence-corrected chi connectivity index (χ1v) is 9.48. The number of hydrogen-bond donors (Lipinski definition) is 1. The summed E-state index contributed by atoms with van der Waals surface area (Å²) in [4.78, 5) is 4.15. The summed E-state index contributed by atoms with van der Waals surface area (Å²) in [6.07, 6.45) is 1.81. The highest BCUT2D eigenvalue weighted by Gasteiger charge is 2.39. The third kappa shape index (κ3) is 4.06. The summed E-state index contributed by atoms with van der Waals surface area (Å²) in [6.45, 7) is 0.316. The number of pyridine rings is 1. The number of alkyl halides is 1. The summed E-state index contributed by atoms with van der Waals surface area (Å²) in [5, 5.41) is 20.5. The summed E-state index contributed by atoms with van der Waals surface area (Å²) in [7, 11) is 0. The summed E-state index contributed by atoms with van der Waals surface area (Å²) < 4.78 is 28.3. The molecular formula is C22H19F2N5. The number of hydrogen-bond acceptors (Lipinski definition) is 5. The minimum Gasteiger partial charge on any atom is -0.368 e. The molecule has 0 bridgehead atoms. The highest BCUT2D eigenvalue weighted by atomic mass is 19.1. The molecule has 146 valence electrons. The van der Waals surface area contributed by atoms with E-state index < -0.39 is 12.0 Å². The number of aromatic nitrogens is 3. The molecule has 3 aromatic rings. The molecule has 1 aliphatic carbocycles. The van der Waals surface area contributed by atoms with E-state index in [1.165, 1.54) is 18.3 Å². The molecule has 0 aliphatic heterocycles. The fourth-order valence-electron chi connectivity index (χ4n) is 3.60. The third-order valence-corrected chi connectivity index (χ3v) is 5.35. The van der Waals surface area contributed by atoms with Crippen LogP contribution >= 0.6 is 0 Å². The monoisotopic (exact) mass is 391 g/mol. The Hall–Kier alpha value is -3.40. The molecule has 1 unspecified atom stereocenters. The lowest BCUT2D eigenvalue weighted by Gasteiger charge is -2.37. The topological polar surface area (TPSA) is 74.5 Å². The molecule has 4 rings (SSSR count). The number of benzene rings is 1. The van der Waals surface area contributed by atoms with Crippen LogP contribution < -0.4 is 5.32 Å². The minimum absolute atomic E-state index is 0.257. The Labute approximate surface area is 167 Å². The maximum atomic E-state index is 14.3. The first-order chi connectivity index (χ1) is 14.2. The molecule has 0 saturated heterocycles. The Kier molecular flexibility index (Phi) is 5.43. The van der Waals surface area contributed by atoms with Crippen LogP contribution in [0.4, 0.5) is 14.6 Å². The summed E-state index contributed by atoms with van der Waals surface area (Å²) in [5.74, 6) is -0.542. The van der Waals surface area contributed by atoms with Crippen LogP contribution in [-0.2, 0) is 0 Å². The van der Waals surface area contributed by atoms with Crippen molar-refractivity contribution in [2.45, 2.75) is 24.9 Å². The Morgan fingerprint density at radius 1 is 1.14 bits per heavy atom. The number of anilines is 1. The largest absolute Gasteiger partial charge is 0.368 e. The lowest BCUT2D eigenvalue weighted by molar-refractivity contribution is 0.0894. The first kappa shape index (κ1) is 18.9. The van der Waals surface area contributed by atoms with E-state index in [2.05, 4.69) is 26.6 Å². The highest BCUT2D eigenvalue weighted by Crippen LogP contribution is 2.41. The number of rotatable bonds is 6. The van der Waals surface area contributed by atoms with E-state index in [9.17, 15) is 8.78 Å². The van der Waals surface area contributed by atoms with E-state index >= 15 is 0 Å². The third-order valence-electron chi connectivity index (χ3n) is 5.35. The first-order valence-electron chi connectivity index (χ1n) is 9.48. The summed E-state index contributed by atoms with van der Waals surface area (Å²) >= 11 is 0. The van der Waals surface area contributed by atoms with Gasteiger partial charge in [-0.3, -0.25) is 4.98 Å². The van der Waals surface area contributed by atoms with Crippen LogP contribution in [0.15, 0.2) is 54.7 Å². The molecule has 7 heteroatoms. The van der Waals surface area contributed by atoms with Gasteiger partial charge < -0.3 is 5.32 Å². The SMILES string of the molecule is N#Cc1cccc(-c2ccc(NC[C@H](c3ncccc3F)C3CC[C@@H]3F)nn2)c1. The fraction of sp³-hybridized carbons (Fsp3) is 0.273. The van der Waals surface area contributed by atoms with Gasteiger partial charge in [0, 0.05) is 30.1 Å². The van der Waals surface area contributed by atoms with E-state index in [4.69, 9.17) is 5.26 Å². The average molecular weight is 391 g/mol. The minimum atomic E-state index is -0.941. The quantitative estimate of drug-likeness (QED) is 0.670. The number of nitrogens with zero attached hydrogens (tertiary/aromatic N) is 4. The second-order valence-corrected chi connectivity index (χ2v) is 7.11. The van der Waals surface area contributed by atoms with Gasteiger partial charge in [-0.05, 0) is 49.2 Å². The van der Waals surface area contributed by atoms with E-state index in [-0.39, 0.29) is 17.5 Å². The van der Waals surface area contributed by atoms with Crippen LogP contribution in [0.5, 0.6) is 0 Å². The molecule has 1 N–H and O–H groups in total. The van der Waals surface area contributed by atoms with Crippen molar-refractivity contribution in [3.05, 3.63) is 71.8 Å². The molecule has 1 fully saturated rings. The van der Waals surface area contributed by atoms with E-state index in [1.807, 2.05) is 6.07 Å². The van der Waals surface area contributed by atoms with Gasteiger partial charge in [-0.25, -0.2) is 8.78 Å². The molecule has 1 saturated carbocycles. The van der Waals surface area contributed by atoms with Crippen LogP contribution in [0.2, 0.25) is 0 Å². The maximum Gasteiger partial charge on any atom is 0.148 e. The molecule has 5 nitrogen and oxygen atoms in total. The molecular weight excluding hydrogens is 372 g/mol. The van der Waals surface area contributed by atoms with Crippen LogP contribution in [0.25, 0.3) is 11.3 Å². The Bertz CT molecular complexity index is 1030. The number of nitriles is 1. The molecule has 1 aliphatic rings. The second kappa shape index (κ2) is 8.31. The molecule has 3 atom stereocenters. The molecule has 29 heavy (non-hydrogen) atoms. The van der Waals surface area contributed by atoms with Crippen molar-refractivity contribution in [2.24, 2.45) is 5.92 Å². The van der Waals surface area contributed by atoms with Gasteiger partial charge in [-0.2, -0.15) is 5.26 Å². The van der Waals surface area contributed by atoms with Gasteiger partial charge in [-0.15, -0.1) is 10.2 Å². The van der Waals surface area contributed by atoms with Crippen LogP contribution in [0, 0.1) is 23.1 Å². The zero-order chi connectivity index (χ0) is 20.2. The van der Waals surface area contributed by atoms with Gasteiger partial charge in [0.05, 0.1) is 23.0 Å². The van der Waals surface area contributed by atoms with E-state index in [0.717, 1.165) is 5.56 Å². The number of nitrogens with one attached hydrogen (secondary N) is 1. The van der Waals surface area contributed by atoms with Crippen molar-refractivity contribution in [2.75, 3.05) is 11.9 Å². The van der Waals surface area contributed by atoms with Crippen molar-refractivity contribution in [3.63, 3.8) is 0 Å². The molecule has 2 heterocycles. The summed E-state index contributed by atoms with van der Waals surface area (Å²) in [6, 6.07) is 15.7. The molecule has 0 amide bonds. The molecule has 1 aromatic carbocycles. The van der Waals surface area contributed by atoms with Crippen molar-refractivity contribution in [1.82, 2.24) is 15.2 Å². The Balaban J connectivity index is 1.49. The van der Waals surface area contributed by atoms with Crippen molar-refractivity contribution in [1.29, 1.82) is 5.26 Å². The predicted molar refractivity (Wildman–Crippen MR) is 105 cm³/mol. The predicted octanol–water partition coefficient (Wildman–Crippen LogP) is 4.49. The second-order valence-electron chi connectivity index (χ2n) is 7.11. The lowest BCUT2D eigenvalue weighted by Crippen LogP contribution is -2.37. The van der Waals surface area contributed by atoms with Crippen molar-refractivity contribution < 1.29 is 8.78 Å². The van der Waals surface area contributed by atoms with E-state index in [0.29, 0.717) is 36.5 Å². The lowest BCUT2D eigenvalue weighted by atomic mass is 9.72. The zero-order valence-corrected chi connectivity index (χ0v) is 15.6. The van der Waals surface area contributed by atoms with Gasteiger partial charge in [0.2, 0.25) is 0 Å². The van der Waals surface area contributed by atoms with Gasteiger partial charge in [0.15, 0.2) is 0 Å². The van der Waals surface area contributed by atoms with E-state index in [1.54, 1.807) is 30.3 Å². The Morgan fingerprint density at radius 2 is 2.03 bits per heavy atom. The normalized spacial score (nSPS) is 19.1. The molecule has 0 radical (unpaired) electrons. The fourth-order valence-corrected chi connectivity index (χ4v) is 3.60. The summed E-state index contributed by atoms with van der Waals surface area (Å²) in [5.41, 5.74) is 2.27. The Morgan fingerprint density at radius 3 is 2.69 bits per heavy atom. The van der Waals surface area contributed by atoms with Gasteiger partial charge >= 0.3 is 0 Å².